The van der Waals surface area contributed by atoms with Crippen molar-refractivity contribution in [3.63, 3.8) is 0 Å². The highest BCUT2D eigenvalue weighted by Crippen LogP contribution is 2.23. The number of carboxylic acids is 1. The van der Waals surface area contributed by atoms with Crippen molar-refractivity contribution < 1.29 is 33.0 Å². The van der Waals surface area contributed by atoms with Crippen molar-refractivity contribution in [2.45, 2.75) is 17.4 Å². The van der Waals surface area contributed by atoms with E-state index >= 15 is 0 Å². The third kappa shape index (κ3) is 3.76. The number of ether oxygens (including phenoxy) is 1. The molecule has 0 aromatic carbocycles. The van der Waals surface area contributed by atoms with Crippen molar-refractivity contribution in [3.8, 4) is 0 Å². The molecule has 0 aliphatic carbocycles. The van der Waals surface area contributed by atoms with Crippen LogP contribution < -0.4 is 4.72 Å². The number of hydrogen-bond acceptors (Lipinski definition) is 7. The second-order valence-electron chi connectivity index (χ2n) is 3.63. The van der Waals surface area contributed by atoms with Crippen LogP contribution in [0.4, 0.5) is 0 Å². The Bertz CT molecular complexity index is 593. The van der Waals surface area contributed by atoms with E-state index in [1.165, 1.54) is 11.4 Å². The first-order valence-electron chi connectivity index (χ1n) is 5.35. The van der Waals surface area contributed by atoms with E-state index in [4.69, 9.17) is 10.2 Å². The van der Waals surface area contributed by atoms with Crippen LogP contribution in [0.15, 0.2) is 16.3 Å². The highest BCUT2D eigenvalue weighted by atomic mass is 32.2. The van der Waals surface area contributed by atoms with Gasteiger partial charge in [-0.1, -0.05) is 0 Å². The molecule has 0 unspecified atom stereocenters. The van der Waals surface area contributed by atoms with Gasteiger partial charge in [0.05, 0.1) is 7.11 Å². The van der Waals surface area contributed by atoms with Crippen LogP contribution in [0.3, 0.4) is 0 Å². The van der Waals surface area contributed by atoms with E-state index in [9.17, 15) is 18.0 Å². The Labute approximate surface area is 119 Å². The smallest absolute Gasteiger partial charge is 0.349 e. The highest BCUT2D eigenvalue weighted by molar-refractivity contribution is 7.89. The minimum atomic E-state index is -4.20. The number of aliphatic hydroxyl groups is 1. The first kappa shape index (κ1) is 16.6. The molecule has 0 saturated heterocycles. The van der Waals surface area contributed by atoms with Gasteiger partial charge in [-0.3, -0.25) is 4.79 Å². The second kappa shape index (κ2) is 6.79. The maximum absolute atomic E-state index is 12.1. The molecule has 0 fully saturated rings. The number of carboxylic acid groups (broad SMARTS) is 1. The molecule has 1 atom stereocenters. The van der Waals surface area contributed by atoms with Crippen molar-refractivity contribution in [2.24, 2.45) is 0 Å². The van der Waals surface area contributed by atoms with Gasteiger partial charge in [-0.05, 0) is 17.9 Å². The largest absolute Gasteiger partial charge is 0.480 e. The van der Waals surface area contributed by atoms with Crippen LogP contribution in [0.25, 0.3) is 0 Å². The average Bonchev–Trinajstić information content (AvgIpc) is 2.87. The summed E-state index contributed by atoms with van der Waals surface area (Å²) in [5.41, 5.74) is 0. The molecule has 0 saturated carbocycles. The molecule has 1 aromatic rings. The summed E-state index contributed by atoms with van der Waals surface area (Å²) in [6.45, 7) is -0.493. The van der Waals surface area contributed by atoms with Gasteiger partial charge in [0.1, 0.15) is 15.8 Å². The quantitative estimate of drug-likeness (QED) is 0.585. The van der Waals surface area contributed by atoms with Gasteiger partial charge in [0.2, 0.25) is 10.0 Å². The Balaban J connectivity index is 3.08. The van der Waals surface area contributed by atoms with Gasteiger partial charge >= 0.3 is 11.9 Å². The van der Waals surface area contributed by atoms with Crippen molar-refractivity contribution in [3.05, 3.63) is 16.3 Å². The molecule has 10 heteroatoms. The summed E-state index contributed by atoms with van der Waals surface area (Å²) in [5, 5.41) is 19.0. The second-order valence-corrected chi connectivity index (χ2v) is 6.23. The van der Waals surface area contributed by atoms with Crippen LogP contribution in [0.1, 0.15) is 16.1 Å². The molecular formula is C10H13NO7S2. The van der Waals surface area contributed by atoms with E-state index in [0.29, 0.717) is 0 Å². The lowest BCUT2D eigenvalue weighted by molar-refractivity contribution is -0.139. The molecule has 8 nitrogen and oxygen atoms in total. The first-order chi connectivity index (χ1) is 9.33. The van der Waals surface area contributed by atoms with Gasteiger partial charge in [0.15, 0.2) is 0 Å². The number of rotatable bonds is 7. The van der Waals surface area contributed by atoms with Gasteiger partial charge in [-0.15, -0.1) is 11.3 Å². The summed E-state index contributed by atoms with van der Waals surface area (Å²) < 4.78 is 30.5. The average molecular weight is 323 g/mol. The van der Waals surface area contributed by atoms with Crippen molar-refractivity contribution >= 4 is 33.3 Å². The summed E-state index contributed by atoms with van der Waals surface area (Å²) in [4.78, 5) is 21.8. The summed E-state index contributed by atoms with van der Waals surface area (Å²) in [6, 6.07) is -0.299. The van der Waals surface area contributed by atoms with Gasteiger partial charge in [0, 0.05) is 6.61 Å². The maximum Gasteiger partial charge on any atom is 0.349 e. The van der Waals surface area contributed by atoms with Crippen LogP contribution in [0, 0.1) is 0 Å². The number of nitrogens with one attached hydrogen (secondary N) is 1. The molecule has 1 heterocycles. The van der Waals surface area contributed by atoms with Crippen LogP contribution in [0.5, 0.6) is 0 Å². The number of aliphatic hydroxyl groups excluding tert-OH is 1. The van der Waals surface area contributed by atoms with Crippen LogP contribution in [-0.2, 0) is 19.6 Å². The number of carbonyl (C=O) groups is 2. The standard InChI is InChI=1S/C10H13NO7S2/c1-18-10(15)8-7(3-5-19-8)20(16,17)11-6(2-4-12)9(13)14/h3,5-6,11-12H,2,4H2,1H3,(H,13,14)/t6-/m1/s1. The number of sulfonamides is 1. The van der Waals surface area contributed by atoms with E-state index in [1.807, 2.05) is 4.72 Å². The summed E-state index contributed by atoms with van der Waals surface area (Å²) in [5.74, 6) is -2.24. The fourth-order valence-electron chi connectivity index (χ4n) is 1.36. The highest BCUT2D eigenvalue weighted by Gasteiger charge is 2.29. The van der Waals surface area contributed by atoms with E-state index in [1.54, 1.807) is 0 Å². The Morgan fingerprint density at radius 1 is 1.50 bits per heavy atom. The predicted molar refractivity (Wildman–Crippen MR) is 69.1 cm³/mol. The molecule has 0 radical (unpaired) electrons. The molecule has 1 aromatic heterocycles. The van der Waals surface area contributed by atoms with E-state index in [2.05, 4.69) is 4.74 Å². The summed E-state index contributed by atoms with van der Waals surface area (Å²) in [6.07, 6.45) is -0.285. The number of hydrogen-bond donors (Lipinski definition) is 3. The molecule has 0 amide bonds. The number of esters is 1. The molecule has 1 rings (SSSR count). The Hall–Kier alpha value is -1.49. The molecule has 3 N–H and O–H groups in total. The SMILES string of the molecule is COC(=O)c1sccc1S(=O)(=O)N[C@H](CCO)C(=O)O. The fraction of sp³-hybridized carbons (Fsp3) is 0.400. The van der Waals surface area contributed by atoms with Gasteiger partial charge < -0.3 is 14.9 Å². The molecule has 0 spiro atoms. The fourth-order valence-corrected chi connectivity index (χ4v) is 3.92. The minimum Gasteiger partial charge on any atom is -0.480 e. The van der Waals surface area contributed by atoms with Crippen molar-refractivity contribution in [1.29, 1.82) is 0 Å². The third-order valence-corrected chi connectivity index (χ3v) is 4.84. The van der Waals surface area contributed by atoms with E-state index in [-0.39, 0.29) is 16.2 Å². The topological polar surface area (TPSA) is 130 Å². The number of aliphatic carboxylic acids is 1. The number of thiophene rings is 1. The lowest BCUT2D eigenvalue weighted by Crippen LogP contribution is -2.41. The molecule has 0 bridgehead atoms. The molecule has 0 aliphatic heterocycles. The van der Waals surface area contributed by atoms with Crippen LogP contribution in [0.2, 0.25) is 0 Å². The Kier molecular flexibility index (Phi) is 5.62. The van der Waals surface area contributed by atoms with Gasteiger partial charge in [-0.2, -0.15) is 4.72 Å². The molecule has 0 aliphatic rings. The van der Waals surface area contributed by atoms with Gasteiger partial charge in [0.25, 0.3) is 0 Å². The van der Waals surface area contributed by atoms with Crippen LogP contribution in [-0.4, -0.2) is 50.3 Å². The lowest BCUT2D eigenvalue weighted by Gasteiger charge is -2.13. The monoisotopic (exact) mass is 323 g/mol. The van der Waals surface area contributed by atoms with E-state index in [0.717, 1.165) is 18.4 Å². The lowest BCUT2D eigenvalue weighted by atomic mass is 10.2. The summed E-state index contributed by atoms with van der Waals surface area (Å²) >= 11 is 0.867. The molecule has 112 valence electrons. The molecular weight excluding hydrogens is 310 g/mol. The number of methoxy groups -OCH3 is 1. The summed E-state index contributed by atoms with van der Waals surface area (Å²) in [7, 11) is -3.09. The number of carbonyl (C=O) groups excluding carboxylic acids is 1. The van der Waals surface area contributed by atoms with Gasteiger partial charge in [-0.25, -0.2) is 13.2 Å². The minimum absolute atomic E-state index is 0.145. The molecule has 20 heavy (non-hydrogen) atoms. The zero-order valence-corrected chi connectivity index (χ0v) is 12.0. The van der Waals surface area contributed by atoms with Crippen molar-refractivity contribution in [2.75, 3.05) is 13.7 Å². The Morgan fingerprint density at radius 3 is 2.65 bits per heavy atom. The predicted octanol–water partition coefficient (Wildman–Crippen LogP) is -0.351. The van der Waals surface area contributed by atoms with Crippen molar-refractivity contribution in [1.82, 2.24) is 4.72 Å². The normalized spacial score (nSPS) is 12.9. The zero-order chi connectivity index (χ0) is 15.3. The zero-order valence-electron chi connectivity index (χ0n) is 10.4. The Morgan fingerprint density at radius 2 is 2.15 bits per heavy atom. The first-order valence-corrected chi connectivity index (χ1v) is 7.71. The van der Waals surface area contributed by atoms with Crippen LogP contribution >= 0.6 is 11.3 Å². The maximum atomic E-state index is 12.1. The van der Waals surface area contributed by atoms with E-state index < -0.39 is 34.6 Å². The third-order valence-electron chi connectivity index (χ3n) is 2.30.